The van der Waals surface area contributed by atoms with Crippen molar-refractivity contribution in [3.8, 4) is 22.3 Å². The molecule has 1 aliphatic rings. The van der Waals surface area contributed by atoms with Crippen LogP contribution in [0.25, 0.3) is 33.3 Å². The van der Waals surface area contributed by atoms with Crippen molar-refractivity contribution in [2.24, 2.45) is 0 Å². The van der Waals surface area contributed by atoms with Gasteiger partial charge >= 0.3 is 0 Å². The molecule has 0 spiro atoms. The van der Waals surface area contributed by atoms with Gasteiger partial charge in [-0.05, 0) is 51.3 Å². The average Bonchev–Trinajstić information content (AvgIpc) is 3.62. The van der Waals surface area contributed by atoms with Crippen LogP contribution in [0.5, 0.6) is 0 Å². The van der Waals surface area contributed by atoms with Crippen LogP contribution in [-0.2, 0) is 14.8 Å². The van der Waals surface area contributed by atoms with Gasteiger partial charge in [0.05, 0.1) is 27.8 Å². The predicted octanol–water partition coefficient (Wildman–Crippen LogP) is 5.11. The molecule has 0 bridgehead atoms. The molecular weight excluding hydrogens is 478 g/mol. The fourth-order valence-corrected chi connectivity index (χ4v) is 6.16. The lowest BCUT2D eigenvalue weighted by molar-refractivity contribution is -0.0394. The summed E-state index contributed by atoms with van der Waals surface area (Å²) < 4.78 is 41.8. The van der Waals surface area contributed by atoms with E-state index in [9.17, 15) is 8.42 Å². The number of aryl methyl sites for hydroxylation is 2. The number of hydrogen-bond acceptors (Lipinski definition) is 7. The molecule has 10 heteroatoms. The van der Waals surface area contributed by atoms with Crippen molar-refractivity contribution in [2.45, 2.75) is 44.2 Å². The Morgan fingerprint density at radius 3 is 2.58 bits per heavy atom. The number of rotatable bonds is 5. The van der Waals surface area contributed by atoms with Gasteiger partial charge in [0.25, 0.3) is 10.0 Å². The maximum absolute atomic E-state index is 13.7. The first-order chi connectivity index (χ1) is 17.4. The first-order valence-corrected chi connectivity index (χ1v) is 13.3. The monoisotopic (exact) mass is 503 g/mol. The molecular formula is C26H25N5O4S. The van der Waals surface area contributed by atoms with Crippen molar-refractivity contribution in [3.63, 3.8) is 0 Å². The molecule has 1 fully saturated rings. The summed E-state index contributed by atoms with van der Waals surface area (Å²) in [5.41, 5.74) is 4.73. The fraction of sp³-hybridized carbons (Fsp3) is 0.269. The maximum atomic E-state index is 13.7. The van der Waals surface area contributed by atoms with E-state index in [0.29, 0.717) is 34.7 Å². The molecule has 0 saturated carbocycles. The summed E-state index contributed by atoms with van der Waals surface area (Å²) >= 11 is 0. The highest BCUT2D eigenvalue weighted by atomic mass is 32.2. The Hall–Kier alpha value is -3.76. The molecule has 0 amide bonds. The largest absolute Gasteiger partial charge is 0.361 e. The van der Waals surface area contributed by atoms with Crippen molar-refractivity contribution in [1.82, 2.24) is 23.9 Å². The van der Waals surface area contributed by atoms with Crippen molar-refractivity contribution < 1.29 is 17.7 Å². The van der Waals surface area contributed by atoms with E-state index in [-0.39, 0.29) is 11.1 Å². The number of pyridine rings is 1. The van der Waals surface area contributed by atoms with Crippen molar-refractivity contribution in [3.05, 3.63) is 72.6 Å². The van der Waals surface area contributed by atoms with Crippen LogP contribution in [0.1, 0.15) is 36.9 Å². The summed E-state index contributed by atoms with van der Waals surface area (Å²) in [5.74, 6) is 0.645. The van der Waals surface area contributed by atoms with Crippen LogP contribution in [0.4, 0.5) is 0 Å². The lowest BCUT2D eigenvalue weighted by atomic mass is 10.1. The van der Waals surface area contributed by atoms with Gasteiger partial charge in [-0.25, -0.2) is 17.1 Å². The highest BCUT2D eigenvalue weighted by molar-refractivity contribution is 7.90. The molecule has 1 aromatic carbocycles. The number of benzene rings is 1. The highest BCUT2D eigenvalue weighted by Crippen LogP contribution is 2.36. The number of ether oxygens (including phenoxy) is 1. The Kier molecular flexibility index (Phi) is 5.50. The van der Waals surface area contributed by atoms with E-state index in [1.165, 1.54) is 3.97 Å². The van der Waals surface area contributed by atoms with Gasteiger partial charge in [0, 0.05) is 47.5 Å². The Labute approximate surface area is 208 Å². The number of nitrogens with zero attached hydrogens (tertiary/aromatic N) is 5. The molecule has 0 N–H and O–H groups in total. The quantitative estimate of drug-likeness (QED) is 0.328. The maximum Gasteiger partial charge on any atom is 0.268 e. The third-order valence-electron chi connectivity index (χ3n) is 6.59. The molecule has 5 aromatic rings. The molecule has 1 unspecified atom stereocenters. The van der Waals surface area contributed by atoms with E-state index in [4.69, 9.17) is 14.2 Å². The summed E-state index contributed by atoms with van der Waals surface area (Å²) in [5, 5.41) is 8.56. The third-order valence-corrected chi connectivity index (χ3v) is 8.28. The summed E-state index contributed by atoms with van der Waals surface area (Å²) in [7, 11) is -3.89. The standard InChI is InChI=1S/C26H25N5O4S/c1-17-25(18(2)35-29-17)19-12-23-26(27-13-19)22(16-31(23)36(32,33)21-8-4-3-5-9-21)20-14-28-30(15-20)24-10-6-7-11-34-24/h3-5,8-9,12-16,24H,6-7,10-11H2,1-2H3. The first kappa shape index (κ1) is 22.7. The van der Waals surface area contributed by atoms with Crippen LogP contribution in [0.3, 0.4) is 0 Å². The van der Waals surface area contributed by atoms with Gasteiger partial charge < -0.3 is 9.26 Å². The SMILES string of the molecule is Cc1noc(C)c1-c1cnc2c(-c3cnn(C4CCCCO4)c3)cn(S(=O)(=O)c3ccccc3)c2c1. The van der Waals surface area contributed by atoms with Gasteiger partial charge in [-0.15, -0.1) is 0 Å². The van der Waals surface area contributed by atoms with Gasteiger partial charge in [-0.2, -0.15) is 5.10 Å². The molecule has 4 aromatic heterocycles. The predicted molar refractivity (Wildman–Crippen MR) is 134 cm³/mol. The van der Waals surface area contributed by atoms with E-state index >= 15 is 0 Å². The molecule has 0 aliphatic carbocycles. The minimum Gasteiger partial charge on any atom is -0.361 e. The van der Waals surface area contributed by atoms with E-state index in [0.717, 1.165) is 36.0 Å². The van der Waals surface area contributed by atoms with Gasteiger partial charge in [-0.3, -0.25) is 4.98 Å². The van der Waals surface area contributed by atoms with Gasteiger partial charge in [0.1, 0.15) is 12.0 Å². The summed E-state index contributed by atoms with van der Waals surface area (Å²) in [6.45, 7) is 4.38. The van der Waals surface area contributed by atoms with Crippen LogP contribution >= 0.6 is 0 Å². The molecule has 1 aliphatic heterocycles. The smallest absolute Gasteiger partial charge is 0.268 e. The highest BCUT2D eigenvalue weighted by Gasteiger charge is 2.25. The van der Waals surface area contributed by atoms with Gasteiger partial charge in [0.15, 0.2) is 0 Å². The molecule has 184 valence electrons. The molecule has 1 saturated heterocycles. The zero-order valence-electron chi connectivity index (χ0n) is 20.0. The van der Waals surface area contributed by atoms with Crippen molar-refractivity contribution in [1.29, 1.82) is 0 Å². The van der Waals surface area contributed by atoms with Crippen LogP contribution in [-0.4, -0.2) is 38.9 Å². The lowest BCUT2D eigenvalue weighted by Crippen LogP contribution is -2.18. The second-order valence-corrected chi connectivity index (χ2v) is 10.8. The number of aromatic nitrogens is 5. The Morgan fingerprint density at radius 2 is 1.86 bits per heavy atom. The van der Waals surface area contributed by atoms with E-state index in [1.54, 1.807) is 48.9 Å². The summed E-state index contributed by atoms with van der Waals surface area (Å²) in [6, 6.07) is 10.2. The fourth-order valence-electron chi connectivity index (χ4n) is 4.79. The average molecular weight is 504 g/mol. The third kappa shape index (κ3) is 3.73. The van der Waals surface area contributed by atoms with Gasteiger partial charge in [0.2, 0.25) is 0 Å². The van der Waals surface area contributed by atoms with E-state index < -0.39 is 10.0 Å². The normalized spacial score (nSPS) is 16.6. The van der Waals surface area contributed by atoms with Crippen LogP contribution in [0.2, 0.25) is 0 Å². The van der Waals surface area contributed by atoms with E-state index in [2.05, 4.69) is 10.3 Å². The van der Waals surface area contributed by atoms with Crippen molar-refractivity contribution in [2.75, 3.05) is 6.61 Å². The number of hydrogen-bond donors (Lipinski definition) is 0. The van der Waals surface area contributed by atoms with Crippen molar-refractivity contribution >= 4 is 21.1 Å². The molecule has 36 heavy (non-hydrogen) atoms. The van der Waals surface area contributed by atoms with Crippen LogP contribution < -0.4 is 0 Å². The van der Waals surface area contributed by atoms with Gasteiger partial charge in [-0.1, -0.05) is 23.4 Å². The summed E-state index contributed by atoms with van der Waals surface area (Å²) in [4.78, 5) is 4.92. The molecule has 1 atom stereocenters. The second-order valence-electron chi connectivity index (χ2n) is 8.98. The molecule has 0 radical (unpaired) electrons. The topological polar surface area (TPSA) is 105 Å². The Bertz CT molecular complexity index is 1640. The zero-order chi connectivity index (χ0) is 24.9. The minimum absolute atomic E-state index is 0.118. The Morgan fingerprint density at radius 1 is 1.03 bits per heavy atom. The zero-order valence-corrected chi connectivity index (χ0v) is 20.8. The number of fused-ring (bicyclic) bond motifs is 1. The lowest BCUT2D eigenvalue weighted by Gasteiger charge is -2.22. The van der Waals surface area contributed by atoms with Crippen LogP contribution in [0, 0.1) is 13.8 Å². The van der Waals surface area contributed by atoms with Crippen LogP contribution in [0.15, 0.2) is 70.6 Å². The molecule has 6 rings (SSSR count). The second kappa shape index (κ2) is 8.72. The minimum atomic E-state index is -3.89. The Balaban J connectivity index is 1.54. The first-order valence-electron chi connectivity index (χ1n) is 11.8. The molecule has 5 heterocycles. The summed E-state index contributed by atoms with van der Waals surface area (Å²) in [6.07, 6.45) is 9.89. The molecule has 9 nitrogen and oxygen atoms in total. The van der Waals surface area contributed by atoms with E-state index in [1.807, 2.05) is 30.8 Å².